The van der Waals surface area contributed by atoms with Gasteiger partial charge in [-0.15, -0.1) is 0 Å². The first-order chi connectivity index (χ1) is 7.49. The Labute approximate surface area is 91.6 Å². The van der Waals surface area contributed by atoms with Crippen molar-refractivity contribution in [3.05, 3.63) is 23.7 Å². The van der Waals surface area contributed by atoms with Gasteiger partial charge in [-0.25, -0.2) is 0 Å². The number of furan rings is 1. The molecular formula is C10H14F3NO2. The van der Waals surface area contributed by atoms with Crippen LogP contribution >= 0.6 is 0 Å². The van der Waals surface area contributed by atoms with Gasteiger partial charge in [0.25, 0.3) is 0 Å². The highest BCUT2D eigenvalue weighted by molar-refractivity contribution is 5.13. The first kappa shape index (κ1) is 13.1. The molecule has 0 fully saturated rings. The van der Waals surface area contributed by atoms with Gasteiger partial charge in [0.05, 0.1) is 19.4 Å². The summed E-state index contributed by atoms with van der Waals surface area (Å²) >= 11 is 0. The van der Waals surface area contributed by atoms with Gasteiger partial charge in [0, 0.05) is 6.54 Å². The predicted molar refractivity (Wildman–Crippen MR) is 52.0 cm³/mol. The molecule has 0 amide bonds. The van der Waals surface area contributed by atoms with Crippen molar-refractivity contribution in [1.82, 2.24) is 5.32 Å². The molecule has 0 aliphatic rings. The number of ether oxygens (including phenoxy) is 1. The maximum Gasteiger partial charge on any atom is 0.411 e. The third-order valence-electron chi connectivity index (χ3n) is 1.94. The Bertz CT molecular complexity index is 309. The molecule has 0 aliphatic carbocycles. The Balaban J connectivity index is 2.03. The van der Waals surface area contributed by atoms with Crippen molar-refractivity contribution in [2.24, 2.45) is 0 Å². The average molecular weight is 237 g/mol. The summed E-state index contributed by atoms with van der Waals surface area (Å²) in [6, 6.07) is 1.83. The largest absolute Gasteiger partial charge is 0.468 e. The lowest BCUT2D eigenvalue weighted by atomic mass is 10.3. The van der Waals surface area contributed by atoms with Crippen LogP contribution in [0.1, 0.15) is 11.3 Å². The van der Waals surface area contributed by atoms with Gasteiger partial charge in [0.2, 0.25) is 0 Å². The highest BCUT2D eigenvalue weighted by Crippen LogP contribution is 2.14. The molecule has 1 heterocycles. The van der Waals surface area contributed by atoms with Crippen LogP contribution < -0.4 is 5.32 Å². The summed E-state index contributed by atoms with van der Waals surface area (Å²) in [7, 11) is 0. The minimum absolute atomic E-state index is 0.0270. The Morgan fingerprint density at radius 1 is 1.44 bits per heavy atom. The summed E-state index contributed by atoms with van der Waals surface area (Å²) in [5.74, 6) is 0.788. The van der Waals surface area contributed by atoms with Gasteiger partial charge in [-0.2, -0.15) is 13.2 Å². The number of nitrogens with one attached hydrogen (secondary N) is 1. The minimum atomic E-state index is -4.25. The molecule has 1 aromatic heterocycles. The fraction of sp³-hybridized carbons (Fsp3) is 0.600. The SMILES string of the molecule is Cc1ccoc1CNCCOCC(F)(F)F. The quantitative estimate of drug-likeness (QED) is 0.770. The summed E-state index contributed by atoms with van der Waals surface area (Å²) in [5, 5.41) is 2.93. The second-order valence-corrected chi connectivity index (χ2v) is 3.37. The van der Waals surface area contributed by atoms with Crippen LogP contribution in [0.3, 0.4) is 0 Å². The van der Waals surface area contributed by atoms with Crippen LogP contribution in [-0.4, -0.2) is 25.9 Å². The highest BCUT2D eigenvalue weighted by Gasteiger charge is 2.27. The number of alkyl halides is 3. The first-order valence-electron chi connectivity index (χ1n) is 4.87. The van der Waals surface area contributed by atoms with Crippen molar-refractivity contribution in [3.8, 4) is 0 Å². The van der Waals surface area contributed by atoms with E-state index in [1.54, 1.807) is 6.26 Å². The third-order valence-corrected chi connectivity index (χ3v) is 1.94. The first-order valence-corrected chi connectivity index (χ1v) is 4.87. The van der Waals surface area contributed by atoms with Crippen LogP contribution in [0.2, 0.25) is 0 Å². The van der Waals surface area contributed by atoms with E-state index in [1.807, 2.05) is 13.0 Å². The maximum atomic E-state index is 11.7. The Morgan fingerprint density at radius 2 is 2.19 bits per heavy atom. The smallest absolute Gasteiger partial charge is 0.411 e. The molecule has 1 N–H and O–H groups in total. The zero-order chi connectivity index (χ0) is 12.0. The van der Waals surface area contributed by atoms with E-state index in [4.69, 9.17) is 4.42 Å². The summed E-state index contributed by atoms with van der Waals surface area (Å²) < 4.78 is 44.6. The summed E-state index contributed by atoms with van der Waals surface area (Å²) in [6.07, 6.45) is -2.68. The Morgan fingerprint density at radius 3 is 2.75 bits per heavy atom. The monoisotopic (exact) mass is 237 g/mol. The molecule has 0 atom stereocenters. The molecule has 0 aromatic carbocycles. The van der Waals surface area contributed by atoms with Gasteiger partial charge < -0.3 is 14.5 Å². The molecule has 92 valence electrons. The van der Waals surface area contributed by atoms with Crippen LogP contribution in [0.5, 0.6) is 0 Å². The molecule has 16 heavy (non-hydrogen) atoms. The highest BCUT2D eigenvalue weighted by atomic mass is 19.4. The van der Waals surface area contributed by atoms with Crippen molar-refractivity contribution >= 4 is 0 Å². The van der Waals surface area contributed by atoms with Gasteiger partial charge >= 0.3 is 6.18 Å². The molecule has 0 spiro atoms. The zero-order valence-electron chi connectivity index (χ0n) is 8.93. The molecule has 0 bridgehead atoms. The van der Waals surface area contributed by atoms with Crippen LogP contribution in [-0.2, 0) is 11.3 Å². The van der Waals surface area contributed by atoms with E-state index in [1.165, 1.54) is 0 Å². The van der Waals surface area contributed by atoms with Gasteiger partial charge in [-0.3, -0.25) is 0 Å². The van der Waals surface area contributed by atoms with E-state index in [-0.39, 0.29) is 6.61 Å². The van der Waals surface area contributed by atoms with Crippen molar-refractivity contribution in [1.29, 1.82) is 0 Å². The fourth-order valence-electron chi connectivity index (χ4n) is 1.12. The summed E-state index contributed by atoms with van der Waals surface area (Å²) in [5.41, 5.74) is 1.02. The number of rotatable bonds is 6. The maximum absolute atomic E-state index is 11.7. The molecule has 6 heteroatoms. The van der Waals surface area contributed by atoms with E-state index in [0.29, 0.717) is 13.1 Å². The van der Waals surface area contributed by atoms with E-state index < -0.39 is 12.8 Å². The zero-order valence-corrected chi connectivity index (χ0v) is 8.93. The molecule has 0 saturated carbocycles. The molecule has 0 radical (unpaired) electrons. The van der Waals surface area contributed by atoms with Crippen LogP contribution in [0.4, 0.5) is 13.2 Å². The Kier molecular flexibility index (Phi) is 4.82. The molecule has 0 unspecified atom stereocenters. The molecule has 0 saturated heterocycles. The summed E-state index contributed by atoms with van der Waals surface area (Å²) in [6.45, 7) is 1.58. The van der Waals surface area contributed by atoms with Gasteiger partial charge in [-0.05, 0) is 18.6 Å². The lowest BCUT2D eigenvalue weighted by Crippen LogP contribution is -2.23. The summed E-state index contributed by atoms with van der Waals surface area (Å²) in [4.78, 5) is 0. The lowest BCUT2D eigenvalue weighted by Gasteiger charge is -2.07. The Hall–Kier alpha value is -1.01. The normalized spacial score (nSPS) is 12.0. The molecular weight excluding hydrogens is 223 g/mol. The molecule has 0 aliphatic heterocycles. The number of hydrogen-bond acceptors (Lipinski definition) is 3. The predicted octanol–water partition coefficient (Wildman–Crippen LogP) is 2.26. The van der Waals surface area contributed by atoms with E-state index >= 15 is 0 Å². The number of aryl methyl sites for hydroxylation is 1. The second-order valence-electron chi connectivity index (χ2n) is 3.37. The number of hydrogen-bond donors (Lipinski definition) is 1. The van der Waals surface area contributed by atoms with Gasteiger partial charge in [-0.1, -0.05) is 0 Å². The van der Waals surface area contributed by atoms with Crippen molar-refractivity contribution in [3.63, 3.8) is 0 Å². The van der Waals surface area contributed by atoms with Crippen molar-refractivity contribution in [2.75, 3.05) is 19.8 Å². The van der Waals surface area contributed by atoms with Crippen LogP contribution in [0.25, 0.3) is 0 Å². The molecule has 1 aromatic rings. The topological polar surface area (TPSA) is 34.4 Å². The second kappa shape index (κ2) is 5.91. The van der Waals surface area contributed by atoms with Crippen LogP contribution in [0.15, 0.2) is 16.7 Å². The van der Waals surface area contributed by atoms with Crippen LogP contribution in [0, 0.1) is 6.92 Å². The third kappa shape index (κ3) is 5.18. The molecule has 3 nitrogen and oxygen atoms in total. The van der Waals surface area contributed by atoms with E-state index in [2.05, 4.69) is 10.1 Å². The fourth-order valence-corrected chi connectivity index (χ4v) is 1.12. The van der Waals surface area contributed by atoms with Crippen molar-refractivity contribution in [2.45, 2.75) is 19.6 Å². The minimum Gasteiger partial charge on any atom is -0.468 e. The van der Waals surface area contributed by atoms with E-state index in [9.17, 15) is 13.2 Å². The molecule has 1 rings (SSSR count). The van der Waals surface area contributed by atoms with Gasteiger partial charge in [0.1, 0.15) is 12.4 Å². The number of halogens is 3. The van der Waals surface area contributed by atoms with Crippen molar-refractivity contribution < 1.29 is 22.3 Å². The standard InChI is InChI=1S/C10H14F3NO2/c1-8-2-4-16-9(8)6-14-3-5-15-7-10(11,12)13/h2,4,14H,3,5-7H2,1H3. The lowest BCUT2D eigenvalue weighted by molar-refractivity contribution is -0.173. The van der Waals surface area contributed by atoms with E-state index in [0.717, 1.165) is 11.3 Å². The van der Waals surface area contributed by atoms with Gasteiger partial charge in [0.15, 0.2) is 0 Å². The average Bonchev–Trinajstić information content (AvgIpc) is 2.56.